The van der Waals surface area contributed by atoms with Crippen molar-refractivity contribution in [2.75, 3.05) is 6.54 Å². The Kier molecular flexibility index (Phi) is 4.70. The summed E-state index contributed by atoms with van der Waals surface area (Å²) in [7, 11) is 0. The molecule has 0 saturated heterocycles. The Bertz CT molecular complexity index is 368. The first kappa shape index (κ1) is 12.4. The van der Waals surface area contributed by atoms with Crippen molar-refractivity contribution in [1.82, 2.24) is 5.32 Å². The van der Waals surface area contributed by atoms with Gasteiger partial charge in [0.25, 0.3) is 0 Å². The fourth-order valence-corrected chi connectivity index (χ4v) is 1.44. The lowest BCUT2D eigenvalue weighted by molar-refractivity contribution is -0.118. The van der Waals surface area contributed by atoms with Gasteiger partial charge in [0.1, 0.15) is 0 Å². The van der Waals surface area contributed by atoms with E-state index in [4.69, 9.17) is 0 Å². The van der Waals surface area contributed by atoms with Crippen molar-refractivity contribution >= 4 is 11.7 Å². The fraction of sp³-hybridized carbons (Fsp3) is 0.385. The van der Waals surface area contributed by atoms with Gasteiger partial charge in [-0.3, -0.25) is 9.59 Å². The summed E-state index contributed by atoms with van der Waals surface area (Å²) in [6.07, 6.45) is 1.32. The molecule has 3 nitrogen and oxygen atoms in total. The predicted octanol–water partition coefficient (Wildman–Crippen LogP) is 1.96. The fourth-order valence-electron chi connectivity index (χ4n) is 1.44. The maximum absolute atomic E-state index is 11.4. The number of ketones is 1. The second kappa shape index (κ2) is 6.05. The standard InChI is InChI=1S/C13H17NO2/c1-3-13(16)12-6-4-11(5-7-12)8-9-14-10(2)15/h4-7H,3,8-9H2,1-2H3,(H,14,15). The van der Waals surface area contributed by atoms with Gasteiger partial charge in [0.05, 0.1) is 0 Å². The molecule has 1 aromatic carbocycles. The molecule has 0 aliphatic carbocycles. The summed E-state index contributed by atoms with van der Waals surface area (Å²) in [5.41, 5.74) is 1.88. The van der Waals surface area contributed by atoms with Gasteiger partial charge in [0.15, 0.2) is 5.78 Å². The molecule has 0 heterocycles. The third kappa shape index (κ3) is 3.85. The number of rotatable bonds is 5. The van der Waals surface area contributed by atoms with Crippen molar-refractivity contribution in [3.8, 4) is 0 Å². The molecular formula is C13H17NO2. The zero-order valence-corrected chi connectivity index (χ0v) is 9.75. The van der Waals surface area contributed by atoms with Gasteiger partial charge >= 0.3 is 0 Å². The highest BCUT2D eigenvalue weighted by Crippen LogP contribution is 2.07. The first-order chi connectivity index (χ1) is 7.63. The first-order valence-electron chi connectivity index (χ1n) is 5.50. The highest BCUT2D eigenvalue weighted by Gasteiger charge is 2.02. The summed E-state index contributed by atoms with van der Waals surface area (Å²) in [5.74, 6) is 0.145. The first-order valence-corrected chi connectivity index (χ1v) is 5.50. The molecule has 0 atom stereocenters. The average molecular weight is 219 g/mol. The zero-order chi connectivity index (χ0) is 12.0. The maximum atomic E-state index is 11.4. The molecule has 0 radical (unpaired) electrons. The highest BCUT2D eigenvalue weighted by atomic mass is 16.1. The van der Waals surface area contributed by atoms with Crippen LogP contribution in [0.2, 0.25) is 0 Å². The molecule has 86 valence electrons. The summed E-state index contributed by atoms with van der Waals surface area (Å²) in [6.45, 7) is 3.99. The van der Waals surface area contributed by atoms with Crippen LogP contribution in [0.3, 0.4) is 0 Å². The lowest BCUT2D eigenvalue weighted by atomic mass is 10.1. The molecule has 1 amide bonds. The smallest absolute Gasteiger partial charge is 0.216 e. The molecule has 0 spiro atoms. The predicted molar refractivity (Wildman–Crippen MR) is 63.5 cm³/mol. The highest BCUT2D eigenvalue weighted by molar-refractivity contribution is 5.95. The van der Waals surface area contributed by atoms with Crippen molar-refractivity contribution in [2.45, 2.75) is 26.7 Å². The topological polar surface area (TPSA) is 46.2 Å². The van der Waals surface area contributed by atoms with E-state index in [1.54, 1.807) is 0 Å². The van der Waals surface area contributed by atoms with Crippen molar-refractivity contribution in [1.29, 1.82) is 0 Å². The summed E-state index contributed by atoms with van der Waals surface area (Å²) in [5, 5.41) is 2.74. The Balaban J connectivity index is 2.51. The number of nitrogens with one attached hydrogen (secondary N) is 1. The van der Waals surface area contributed by atoms with Crippen LogP contribution < -0.4 is 5.32 Å². The van der Waals surface area contributed by atoms with Crippen molar-refractivity contribution in [3.63, 3.8) is 0 Å². The molecule has 1 aromatic rings. The van der Waals surface area contributed by atoms with Crippen LogP contribution in [0.1, 0.15) is 36.2 Å². The van der Waals surface area contributed by atoms with E-state index in [-0.39, 0.29) is 11.7 Å². The SMILES string of the molecule is CCC(=O)c1ccc(CCNC(C)=O)cc1. The van der Waals surface area contributed by atoms with Crippen LogP contribution in [-0.4, -0.2) is 18.2 Å². The van der Waals surface area contributed by atoms with Gasteiger partial charge in [-0.2, -0.15) is 0 Å². The molecule has 0 unspecified atom stereocenters. The average Bonchev–Trinajstić information content (AvgIpc) is 2.28. The van der Waals surface area contributed by atoms with Crippen LogP contribution in [0.5, 0.6) is 0 Å². The van der Waals surface area contributed by atoms with Crippen LogP contribution in [-0.2, 0) is 11.2 Å². The van der Waals surface area contributed by atoms with Gasteiger partial charge in [0, 0.05) is 25.5 Å². The third-order valence-electron chi connectivity index (χ3n) is 2.38. The minimum Gasteiger partial charge on any atom is -0.356 e. The normalized spacial score (nSPS) is 9.88. The molecule has 0 aliphatic rings. The largest absolute Gasteiger partial charge is 0.356 e. The van der Waals surface area contributed by atoms with Crippen LogP contribution in [0.4, 0.5) is 0 Å². The maximum Gasteiger partial charge on any atom is 0.216 e. The van der Waals surface area contributed by atoms with E-state index >= 15 is 0 Å². The van der Waals surface area contributed by atoms with Crippen molar-refractivity contribution in [2.24, 2.45) is 0 Å². The molecule has 1 rings (SSSR count). The number of benzene rings is 1. The van der Waals surface area contributed by atoms with Gasteiger partial charge in [-0.15, -0.1) is 0 Å². The van der Waals surface area contributed by atoms with Crippen molar-refractivity contribution < 1.29 is 9.59 Å². The van der Waals surface area contributed by atoms with Crippen LogP contribution in [0.15, 0.2) is 24.3 Å². The molecule has 0 aliphatic heterocycles. The molecule has 0 fully saturated rings. The van der Waals surface area contributed by atoms with Gasteiger partial charge in [-0.05, 0) is 12.0 Å². The number of carbonyl (C=O) groups is 2. The Hall–Kier alpha value is -1.64. The Morgan fingerprint density at radius 1 is 1.19 bits per heavy atom. The molecule has 1 N–H and O–H groups in total. The molecule has 0 saturated carbocycles. The number of hydrogen-bond acceptors (Lipinski definition) is 2. The number of hydrogen-bond donors (Lipinski definition) is 1. The quantitative estimate of drug-likeness (QED) is 0.769. The number of carbonyl (C=O) groups excluding carboxylic acids is 2. The Morgan fingerprint density at radius 3 is 2.31 bits per heavy atom. The lowest BCUT2D eigenvalue weighted by Gasteiger charge is -2.03. The van der Waals surface area contributed by atoms with E-state index in [0.717, 1.165) is 17.5 Å². The van der Waals surface area contributed by atoms with Gasteiger partial charge in [-0.1, -0.05) is 31.2 Å². The van der Waals surface area contributed by atoms with E-state index in [0.29, 0.717) is 13.0 Å². The van der Waals surface area contributed by atoms with Gasteiger partial charge in [0.2, 0.25) is 5.91 Å². The minimum atomic E-state index is -0.0159. The second-order valence-corrected chi connectivity index (χ2v) is 3.71. The van der Waals surface area contributed by atoms with Crippen molar-refractivity contribution in [3.05, 3.63) is 35.4 Å². The second-order valence-electron chi connectivity index (χ2n) is 3.71. The molecule has 3 heteroatoms. The van der Waals surface area contributed by atoms with E-state index in [1.807, 2.05) is 31.2 Å². The Labute approximate surface area is 95.9 Å². The van der Waals surface area contributed by atoms with Crippen LogP contribution in [0.25, 0.3) is 0 Å². The number of amides is 1. The molecule has 0 bridgehead atoms. The minimum absolute atomic E-state index is 0.0159. The molecule has 0 aromatic heterocycles. The van der Waals surface area contributed by atoms with Crippen LogP contribution in [0, 0.1) is 0 Å². The van der Waals surface area contributed by atoms with E-state index < -0.39 is 0 Å². The monoisotopic (exact) mass is 219 g/mol. The van der Waals surface area contributed by atoms with Gasteiger partial charge < -0.3 is 5.32 Å². The summed E-state index contributed by atoms with van der Waals surface area (Å²) < 4.78 is 0. The zero-order valence-electron chi connectivity index (χ0n) is 9.75. The van der Waals surface area contributed by atoms with Gasteiger partial charge in [-0.25, -0.2) is 0 Å². The van der Waals surface area contributed by atoms with Crippen LogP contribution >= 0.6 is 0 Å². The summed E-state index contributed by atoms with van der Waals surface area (Å²) in [6, 6.07) is 7.55. The molecule has 16 heavy (non-hydrogen) atoms. The third-order valence-corrected chi connectivity index (χ3v) is 2.38. The van der Waals surface area contributed by atoms with E-state index in [9.17, 15) is 9.59 Å². The van der Waals surface area contributed by atoms with E-state index in [2.05, 4.69) is 5.32 Å². The summed E-state index contributed by atoms with van der Waals surface area (Å²) >= 11 is 0. The number of Topliss-reactive ketones (excluding diaryl/α,β-unsaturated/α-hetero) is 1. The molecular weight excluding hydrogens is 202 g/mol. The summed E-state index contributed by atoms with van der Waals surface area (Å²) in [4.78, 5) is 22.0. The Morgan fingerprint density at radius 2 is 1.81 bits per heavy atom. The lowest BCUT2D eigenvalue weighted by Crippen LogP contribution is -2.22. The van der Waals surface area contributed by atoms with E-state index in [1.165, 1.54) is 6.92 Å².